The Morgan fingerprint density at radius 3 is 2.10 bits per heavy atom. The minimum atomic E-state index is -3.54. The standard InChI is InChI=1S/C22H32N2O5S/c25-21(23-19-9-5-2-1-3-6-10-19)17-29-22(26)18-11-13-20(14-12-18)30(27,28)24-15-7-4-8-16-24/h11-14,19H,1-10,15-17H2,(H,23,25). The second-order valence-electron chi connectivity index (χ2n) is 8.17. The molecule has 1 aromatic carbocycles. The van der Waals surface area contributed by atoms with Crippen molar-refractivity contribution in [2.24, 2.45) is 0 Å². The maximum absolute atomic E-state index is 12.7. The Labute approximate surface area is 179 Å². The summed E-state index contributed by atoms with van der Waals surface area (Å²) in [5, 5.41) is 2.96. The maximum atomic E-state index is 12.7. The second-order valence-corrected chi connectivity index (χ2v) is 10.1. The summed E-state index contributed by atoms with van der Waals surface area (Å²) in [4.78, 5) is 24.5. The van der Waals surface area contributed by atoms with Crippen molar-refractivity contribution < 1.29 is 22.7 Å². The molecule has 1 saturated heterocycles. The van der Waals surface area contributed by atoms with Crippen LogP contribution in [0.2, 0.25) is 0 Å². The summed E-state index contributed by atoms with van der Waals surface area (Å²) in [5.41, 5.74) is 0.228. The number of piperidine rings is 1. The molecule has 0 spiro atoms. The minimum Gasteiger partial charge on any atom is -0.452 e. The van der Waals surface area contributed by atoms with Crippen LogP contribution in [0.5, 0.6) is 0 Å². The smallest absolute Gasteiger partial charge is 0.338 e. The second kappa shape index (κ2) is 10.9. The highest BCUT2D eigenvalue weighted by Crippen LogP contribution is 2.21. The molecule has 1 aromatic rings. The van der Waals surface area contributed by atoms with Crippen molar-refractivity contribution in [2.45, 2.75) is 75.1 Å². The Morgan fingerprint density at radius 2 is 1.47 bits per heavy atom. The predicted octanol–water partition coefficient (Wildman–Crippen LogP) is 3.25. The van der Waals surface area contributed by atoms with Gasteiger partial charge in [-0.05, 0) is 49.9 Å². The maximum Gasteiger partial charge on any atom is 0.338 e. The van der Waals surface area contributed by atoms with Crippen molar-refractivity contribution in [3.05, 3.63) is 29.8 Å². The average Bonchev–Trinajstić information content (AvgIpc) is 2.74. The summed E-state index contributed by atoms with van der Waals surface area (Å²) < 4.78 is 32.0. The summed E-state index contributed by atoms with van der Waals surface area (Å²) >= 11 is 0. The molecule has 1 aliphatic heterocycles. The van der Waals surface area contributed by atoms with Crippen molar-refractivity contribution in [2.75, 3.05) is 19.7 Å². The summed E-state index contributed by atoms with van der Waals surface area (Å²) in [7, 11) is -3.54. The molecule has 1 saturated carbocycles. The number of hydrogen-bond acceptors (Lipinski definition) is 5. The number of ether oxygens (including phenoxy) is 1. The Hall–Kier alpha value is -1.93. The highest BCUT2D eigenvalue weighted by Gasteiger charge is 2.26. The lowest BCUT2D eigenvalue weighted by atomic mass is 9.97. The molecule has 1 amide bonds. The lowest BCUT2D eigenvalue weighted by Crippen LogP contribution is -2.38. The lowest BCUT2D eigenvalue weighted by molar-refractivity contribution is -0.125. The number of sulfonamides is 1. The van der Waals surface area contributed by atoms with Gasteiger partial charge in [0.2, 0.25) is 10.0 Å². The quantitative estimate of drug-likeness (QED) is 0.691. The van der Waals surface area contributed by atoms with Gasteiger partial charge in [-0.1, -0.05) is 38.5 Å². The third-order valence-corrected chi connectivity index (χ3v) is 7.76. The van der Waals surface area contributed by atoms with Gasteiger partial charge in [-0.3, -0.25) is 4.79 Å². The molecule has 0 bridgehead atoms. The van der Waals surface area contributed by atoms with E-state index in [0.717, 1.165) is 44.9 Å². The van der Waals surface area contributed by atoms with E-state index in [0.29, 0.717) is 13.1 Å². The fourth-order valence-electron chi connectivity index (χ4n) is 4.10. The van der Waals surface area contributed by atoms with Crippen molar-refractivity contribution in [1.29, 1.82) is 0 Å². The fraction of sp³-hybridized carbons (Fsp3) is 0.636. The molecule has 2 aliphatic rings. The third-order valence-electron chi connectivity index (χ3n) is 5.85. The van der Waals surface area contributed by atoms with Gasteiger partial charge in [0.05, 0.1) is 10.5 Å². The van der Waals surface area contributed by atoms with Crippen LogP contribution in [0.1, 0.15) is 74.6 Å². The van der Waals surface area contributed by atoms with E-state index in [1.165, 1.54) is 47.8 Å². The first-order chi connectivity index (χ1) is 14.5. The molecule has 1 N–H and O–H groups in total. The van der Waals surface area contributed by atoms with Crippen LogP contribution in [-0.2, 0) is 19.6 Å². The lowest BCUT2D eigenvalue weighted by Gasteiger charge is -2.25. The molecule has 3 rings (SSSR count). The van der Waals surface area contributed by atoms with E-state index in [4.69, 9.17) is 4.74 Å². The van der Waals surface area contributed by atoms with Crippen molar-refractivity contribution in [3.8, 4) is 0 Å². The minimum absolute atomic E-state index is 0.149. The molecular weight excluding hydrogens is 404 g/mol. The van der Waals surface area contributed by atoms with Gasteiger partial charge in [-0.15, -0.1) is 0 Å². The monoisotopic (exact) mass is 436 g/mol. The van der Waals surface area contributed by atoms with Crippen LogP contribution < -0.4 is 5.32 Å². The van der Waals surface area contributed by atoms with Crippen LogP contribution in [0.4, 0.5) is 0 Å². The first-order valence-corrected chi connectivity index (χ1v) is 12.5. The third kappa shape index (κ3) is 6.28. The number of carbonyl (C=O) groups excluding carboxylic acids is 2. The number of amides is 1. The number of carbonyl (C=O) groups is 2. The zero-order chi connectivity index (χ0) is 21.4. The summed E-state index contributed by atoms with van der Waals surface area (Å²) in [6.07, 6.45) is 10.6. The topological polar surface area (TPSA) is 92.8 Å². The van der Waals surface area contributed by atoms with Crippen molar-refractivity contribution in [3.63, 3.8) is 0 Å². The molecule has 0 radical (unpaired) electrons. The molecule has 2 fully saturated rings. The molecule has 0 unspecified atom stereocenters. The summed E-state index contributed by atoms with van der Waals surface area (Å²) in [6.45, 7) is 0.730. The van der Waals surface area contributed by atoms with E-state index in [1.807, 2.05) is 0 Å². The van der Waals surface area contributed by atoms with E-state index in [1.54, 1.807) is 0 Å². The molecule has 0 atom stereocenters. The van der Waals surface area contributed by atoms with Crippen molar-refractivity contribution in [1.82, 2.24) is 9.62 Å². The number of nitrogens with zero attached hydrogens (tertiary/aromatic N) is 1. The van der Waals surface area contributed by atoms with E-state index >= 15 is 0 Å². The highest BCUT2D eigenvalue weighted by molar-refractivity contribution is 7.89. The van der Waals surface area contributed by atoms with Gasteiger partial charge in [0.25, 0.3) is 5.91 Å². The van der Waals surface area contributed by atoms with Crippen molar-refractivity contribution >= 4 is 21.9 Å². The molecular formula is C22H32N2O5S. The first-order valence-electron chi connectivity index (χ1n) is 11.0. The Bertz CT molecular complexity index is 808. The van der Waals surface area contributed by atoms with Gasteiger partial charge < -0.3 is 10.1 Å². The molecule has 1 heterocycles. The van der Waals surface area contributed by atoms with Crippen LogP contribution in [-0.4, -0.2) is 50.3 Å². The molecule has 1 aliphatic carbocycles. The van der Waals surface area contributed by atoms with E-state index in [9.17, 15) is 18.0 Å². The average molecular weight is 437 g/mol. The van der Waals surface area contributed by atoms with E-state index in [2.05, 4.69) is 5.32 Å². The Kier molecular flexibility index (Phi) is 8.27. The first kappa shape index (κ1) is 22.7. The van der Waals surface area contributed by atoms with Crippen LogP contribution in [0, 0.1) is 0 Å². The van der Waals surface area contributed by atoms with Crippen LogP contribution in [0.3, 0.4) is 0 Å². The predicted molar refractivity (Wildman–Crippen MR) is 114 cm³/mol. The highest BCUT2D eigenvalue weighted by atomic mass is 32.2. The fourth-order valence-corrected chi connectivity index (χ4v) is 5.62. The van der Waals surface area contributed by atoms with Crippen LogP contribution in [0.25, 0.3) is 0 Å². The zero-order valence-corrected chi connectivity index (χ0v) is 18.3. The van der Waals surface area contributed by atoms with Gasteiger partial charge in [-0.2, -0.15) is 4.31 Å². The largest absolute Gasteiger partial charge is 0.452 e. The van der Waals surface area contributed by atoms with Gasteiger partial charge in [0.15, 0.2) is 6.61 Å². The van der Waals surface area contributed by atoms with Gasteiger partial charge >= 0.3 is 5.97 Å². The number of hydrogen-bond donors (Lipinski definition) is 1. The van der Waals surface area contributed by atoms with Crippen LogP contribution in [0.15, 0.2) is 29.2 Å². The molecule has 30 heavy (non-hydrogen) atoms. The van der Waals surface area contributed by atoms with Gasteiger partial charge in [0, 0.05) is 19.1 Å². The Morgan fingerprint density at radius 1 is 0.900 bits per heavy atom. The zero-order valence-electron chi connectivity index (χ0n) is 17.5. The van der Waals surface area contributed by atoms with E-state index in [-0.39, 0.29) is 29.0 Å². The Balaban J connectivity index is 1.50. The number of nitrogens with one attached hydrogen (secondary N) is 1. The summed E-state index contributed by atoms with van der Waals surface area (Å²) in [6, 6.07) is 5.87. The normalized spacial score (nSPS) is 19.5. The number of rotatable bonds is 6. The molecule has 7 nitrogen and oxygen atoms in total. The van der Waals surface area contributed by atoms with Gasteiger partial charge in [0.1, 0.15) is 0 Å². The van der Waals surface area contributed by atoms with Gasteiger partial charge in [-0.25, -0.2) is 13.2 Å². The molecule has 0 aromatic heterocycles. The van der Waals surface area contributed by atoms with E-state index < -0.39 is 16.0 Å². The van der Waals surface area contributed by atoms with Crippen LogP contribution >= 0.6 is 0 Å². The molecule has 8 heteroatoms. The molecule has 166 valence electrons. The number of esters is 1. The summed E-state index contributed by atoms with van der Waals surface area (Å²) in [5.74, 6) is -0.928. The number of benzene rings is 1. The SMILES string of the molecule is O=C(COC(=O)c1ccc(S(=O)(=O)N2CCCCC2)cc1)NC1CCCCCCC1.